The van der Waals surface area contributed by atoms with Crippen LogP contribution in [0.25, 0.3) is 0 Å². The third-order valence-corrected chi connectivity index (χ3v) is 5.26. The van der Waals surface area contributed by atoms with E-state index >= 15 is 0 Å². The van der Waals surface area contributed by atoms with E-state index in [-0.39, 0.29) is 18.2 Å². The minimum Gasteiger partial charge on any atom is -0.447 e. The Morgan fingerprint density at radius 1 is 1.21 bits per heavy atom. The van der Waals surface area contributed by atoms with E-state index in [9.17, 15) is 9.59 Å². The van der Waals surface area contributed by atoms with E-state index in [0.29, 0.717) is 32.8 Å². The normalized spacial score (nSPS) is 22.7. The van der Waals surface area contributed by atoms with Crippen molar-refractivity contribution in [2.24, 2.45) is 0 Å². The topological polar surface area (TPSA) is 61.9 Å². The van der Waals surface area contributed by atoms with E-state index in [0.717, 1.165) is 12.0 Å². The number of hydrogen-bond donors (Lipinski definition) is 1. The first-order chi connectivity index (χ1) is 11.7. The van der Waals surface area contributed by atoms with Crippen molar-refractivity contribution in [2.75, 3.05) is 26.2 Å². The fourth-order valence-corrected chi connectivity index (χ4v) is 3.86. The predicted octanol–water partition coefficient (Wildman–Crippen LogP) is 1.91. The predicted molar refractivity (Wildman–Crippen MR) is 88.7 cm³/mol. The number of fused-ring (bicyclic) bond motifs is 2. The average molecular weight is 329 g/mol. The molecule has 24 heavy (non-hydrogen) atoms. The summed E-state index contributed by atoms with van der Waals surface area (Å²) in [5.41, 5.74) is 4.04. The lowest BCUT2D eigenvalue weighted by atomic mass is 9.90. The van der Waals surface area contributed by atoms with E-state index < -0.39 is 0 Å². The molecular weight excluding hydrogens is 306 g/mol. The number of piperazine rings is 1. The van der Waals surface area contributed by atoms with Gasteiger partial charge in [0.1, 0.15) is 6.61 Å². The Labute approximate surface area is 141 Å². The van der Waals surface area contributed by atoms with Crippen LogP contribution in [-0.2, 0) is 24.1 Å². The van der Waals surface area contributed by atoms with Crippen LogP contribution in [-0.4, -0.2) is 54.2 Å². The molecule has 0 saturated carbocycles. The molecule has 0 unspecified atom stereocenters. The number of urea groups is 1. The quantitative estimate of drug-likeness (QED) is 0.901. The smallest absolute Gasteiger partial charge is 0.410 e. The zero-order valence-electron chi connectivity index (χ0n) is 13.8. The van der Waals surface area contributed by atoms with Crippen molar-refractivity contribution in [3.63, 3.8) is 0 Å². The van der Waals surface area contributed by atoms with Gasteiger partial charge in [-0.2, -0.15) is 0 Å². The molecule has 0 spiro atoms. The van der Waals surface area contributed by atoms with Crippen LogP contribution in [0.1, 0.15) is 29.5 Å². The van der Waals surface area contributed by atoms with E-state index in [1.165, 1.54) is 30.4 Å². The van der Waals surface area contributed by atoms with Gasteiger partial charge in [0.15, 0.2) is 0 Å². The Morgan fingerprint density at radius 2 is 2.04 bits per heavy atom. The molecule has 1 N–H and O–H groups in total. The molecule has 2 aliphatic heterocycles. The highest BCUT2D eigenvalue weighted by Crippen LogP contribution is 2.22. The summed E-state index contributed by atoms with van der Waals surface area (Å²) in [6, 6.07) is 6.49. The third kappa shape index (κ3) is 2.92. The van der Waals surface area contributed by atoms with E-state index in [1.54, 1.807) is 9.80 Å². The van der Waals surface area contributed by atoms with Crippen LogP contribution in [0.4, 0.5) is 9.59 Å². The van der Waals surface area contributed by atoms with Crippen LogP contribution in [0, 0.1) is 0 Å². The van der Waals surface area contributed by atoms with Crippen LogP contribution >= 0.6 is 0 Å². The third-order valence-electron chi connectivity index (χ3n) is 5.26. The van der Waals surface area contributed by atoms with E-state index in [1.807, 2.05) is 0 Å². The standard InChI is InChI=1S/C18H23N3O3/c22-17(20-7-8-21-16(11-20)12-24-18(21)23)19-10-13-5-6-14-3-1-2-4-15(14)9-13/h5-6,9,16H,1-4,7-8,10-12H2,(H,19,22)/t16-/m1/s1. The van der Waals surface area contributed by atoms with Crippen molar-refractivity contribution < 1.29 is 14.3 Å². The van der Waals surface area contributed by atoms with Gasteiger partial charge in [-0.05, 0) is 42.4 Å². The van der Waals surface area contributed by atoms with Gasteiger partial charge in [-0.3, -0.25) is 4.90 Å². The maximum atomic E-state index is 12.4. The van der Waals surface area contributed by atoms with Crippen LogP contribution in [0.5, 0.6) is 0 Å². The van der Waals surface area contributed by atoms with Gasteiger partial charge in [0, 0.05) is 26.2 Å². The van der Waals surface area contributed by atoms with Crippen molar-refractivity contribution in [1.82, 2.24) is 15.1 Å². The van der Waals surface area contributed by atoms with Gasteiger partial charge >= 0.3 is 12.1 Å². The van der Waals surface area contributed by atoms with Gasteiger partial charge in [0.05, 0.1) is 6.04 Å². The monoisotopic (exact) mass is 329 g/mol. The second-order valence-electron chi connectivity index (χ2n) is 6.84. The van der Waals surface area contributed by atoms with Crippen molar-refractivity contribution in [3.8, 4) is 0 Å². The molecule has 0 bridgehead atoms. The molecule has 6 heteroatoms. The molecule has 6 nitrogen and oxygen atoms in total. The van der Waals surface area contributed by atoms with E-state index in [2.05, 4.69) is 23.5 Å². The van der Waals surface area contributed by atoms with Crippen molar-refractivity contribution in [3.05, 3.63) is 34.9 Å². The molecule has 2 fully saturated rings. The summed E-state index contributed by atoms with van der Waals surface area (Å²) >= 11 is 0. The minimum atomic E-state index is -0.255. The van der Waals surface area contributed by atoms with Crippen molar-refractivity contribution in [1.29, 1.82) is 0 Å². The fraction of sp³-hybridized carbons (Fsp3) is 0.556. The number of aryl methyl sites for hydroxylation is 2. The number of ether oxygens (including phenoxy) is 1. The molecule has 128 valence electrons. The van der Waals surface area contributed by atoms with Crippen LogP contribution in [0.15, 0.2) is 18.2 Å². The first-order valence-corrected chi connectivity index (χ1v) is 8.77. The molecule has 1 aromatic carbocycles. The SMILES string of the molecule is O=C(NCc1ccc2c(c1)CCCC2)N1CCN2C(=O)OC[C@H]2C1. The lowest BCUT2D eigenvalue weighted by Crippen LogP contribution is -2.55. The number of nitrogens with one attached hydrogen (secondary N) is 1. The van der Waals surface area contributed by atoms with Gasteiger partial charge in [-0.1, -0.05) is 18.2 Å². The zero-order valence-corrected chi connectivity index (χ0v) is 13.8. The van der Waals surface area contributed by atoms with Gasteiger partial charge in [0.2, 0.25) is 0 Å². The molecule has 4 rings (SSSR count). The molecule has 3 amide bonds. The lowest BCUT2D eigenvalue weighted by Gasteiger charge is -2.35. The molecule has 0 radical (unpaired) electrons. The Balaban J connectivity index is 1.33. The number of hydrogen-bond acceptors (Lipinski definition) is 3. The molecule has 1 aromatic rings. The van der Waals surface area contributed by atoms with Crippen LogP contribution in [0.2, 0.25) is 0 Å². The Bertz CT molecular complexity index is 661. The molecule has 1 atom stereocenters. The van der Waals surface area contributed by atoms with Gasteiger partial charge in [0.25, 0.3) is 0 Å². The summed E-state index contributed by atoms with van der Waals surface area (Å²) < 4.78 is 5.04. The molecule has 2 heterocycles. The zero-order chi connectivity index (χ0) is 16.5. The molecule has 0 aromatic heterocycles. The Morgan fingerprint density at radius 3 is 2.92 bits per heavy atom. The largest absolute Gasteiger partial charge is 0.447 e. The van der Waals surface area contributed by atoms with Gasteiger partial charge in [-0.25, -0.2) is 9.59 Å². The second kappa shape index (κ2) is 6.34. The number of cyclic esters (lactones) is 1. The van der Waals surface area contributed by atoms with Crippen LogP contribution < -0.4 is 5.32 Å². The van der Waals surface area contributed by atoms with Crippen LogP contribution in [0.3, 0.4) is 0 Å². The highest BCUT2D eigenvalue weighted by Gasteiger charge is 2.38. The molecule has 1 aliphatic carbocycles. The summed E-state index contributed by atoms with van der Waals surface area (Å²) in [6.45, 7) is 2.58. The van der Waals surface area contributed by atoms with Crippen molar-refractivity contribution >= 4 is 12.1 Å². The Kier molecular flexibility index (Phi) is 4.04. The highest BCUT2D eigenvalue weighted by molar-refractivity contribution is 5.75. The number of nitrogens with zero attached hydrogens (tertiary/aromatic N) is 2. The van der Waals surface area contributed by atoms with Gasteiger partial charge in [-0.15, -0.1) is 0 Å². The summed E-state index contributed by atoms with van der Waals surface area (Å²) in [4.78, 5) is 27.4. The summed E-state index contributed by atoms with van der Waals surface area (Å²) in [5, 5.41) is 3.01. The maximum Gasteiger partial charge on any atom is 0.410 e. The first-order valence-electron chi connectivity index (χ1n) is 8.77. The summed E-state index contributed by atoms with van der Waals surface area (Å²) in [5.74, 6) is 0. The van der Waals surface area contributed by atoms with E-state index in [4.69, 9.17) is 4.74 Å². The summed E-state index contributed by atoms with van der Waals surface area (Å²) in [7, 11) is 0. The lowest BCUT2D eigenvalue weighted by molar-refractivity contribution is 0.127. The molecular formula is C18H23N3O3. The number of carbonyl (C=O) groups excluding carboxylic acids is 2. The molecule has 2 saturated heterocycles. The first kappa shape index (κ1) is 15.3. The van der Waals surface area contributed by atoms with Gasteiger partial charge < -0.3 is 15.0 Å². The number of benzene rings is 1. The fourth-order valence-electron chi connectivity index (χ4n) is 3.86. The number of rotatable bonds is 2. The number of amides is 3. The highest BCUT2D eigenvalue weighted by atomic mass is 16.6. The Hall–Kier alpha value is -2.24. The minimum absolute atomic E-state index is 0.000689. The maximum absolute atomic E-state index is 12.4. The van der Waals surface area contributed by atoms with Crippen molar-refractivity contribution in [2.45, 2.75) is 38.3 Å². The molecule has 3 aliphatic rings. The second-order valence-corrected chi connectivity index (χ2v) is 6.84. The average Bonchev–Trinajstić information content (AvgIpc) is 3.00. The summed E-state index contributed by atoms with van der Waals surface area (Å²) in [6.07, 6.45) is 4.61. The number of carbonyl (C=O) groups is 2.